The molecular weight excluding hydrogens is 248 g/mol. The maximum atomic E-state index is 10.5. The molecule has 0 amide bonds. The second-order valence-corrected chi connectivity index (χ2v) is 6.07. The van der Waals surface area contributed by atoms with Gasteiger partial charge in [0, 0.05) is 36.8 Å². The lowest BCUT2D eigenvalue weighted by Gasteiger charge is -2.49. The number of hydrogen-bond donors (Lipinski definition) is 3. The van der Waals surface area contributed by atoms with Gasteiger partial charge in [-0.1, -0.05) is 0 Å². The predicted molar refractivity (Wildman–Crippen MR) is 74.1 cm³/mol. The Kier molecular flexibility index (Phi) is 3.33. The molecule has 1 atom stereocenters. The van der Waals surface area contributed by atoms with Crippen LogP contribution in [0.1, 0.15) is 32.9 Å². The summed E-state index contributed by atoms with van der Waals surface area (Å²) >= 11 is 5.35. The number of aromatic nitrogens is 2. The third-order valence-electron chi connectivity index (χ3n) is 3.21. The van der Waals surface area contributed by atoms with Gasteiger partial charge in [-0.25, -0.2) is 4.98 Å². The topological polar surface area (TPSA) is 64.2 Å². The van der Waals surface area contributed by atoms with E-state index in [-0.39, 0.29) is 5.54 Å². The molecule has 18 heavy (non-hydrogen) atoms. The summed E-state index contributed by atoms with van der Waals surface area (Å²) in [5.74, 6) is 0. The van der Waals surface area contributed by atoms with Gasteiger partial charge in [-0.3, -0.25) is 0 Å². The van der Waals surface area contributed by atoms with Crippen molar-refractivity contribution in [2.24, 2.45) is 0 Å². The average Bonchev–Trinajstić information content (AvgIpc) is 2.65. The molecule has 0 spiro atoms. The largest absolute Gasteiger partial charge is 0.371 e. The number of imidazole rings is 1. The Morgan fingerprint density at radius 2 is 2.22 bits per heavy atom. The van der Waals surface area contributed by atoms with E-state index in [9.17, 15) is 5.11 Å². The summed E-state index contributed by atoms with van der Waals surface area (Å²) in [5, 5.41) is 14.4. The molecule has 3 N–H and O–H groups in total. The van der Waals surface area contributed by atoms with Gasteiger partial charge >= 0.3 is 0 Å². The van der Waals surface area contributed by atoms with Crippen LogP contribution >= 0.6 is 12.2 Å². The zero-order valence-corrected chi connectivity index (χ0v) is 11.8. The van der Waals surface area contributed by atoms with E-state index in [4.69, 9.17) is 12.2 Å². The van der Waals surface area contributed by atoms with Crippen molar-refractivity contribution >= 4 is 17.3 Å². The van der Waals surface area contributed by atoms with Crippen molar-refractivity contribution in [1.82, 2.24) is 20.2 Å². The molecule has 1 fully saturated rings. The maximum Gasteiger partial charge on any atom is 0.171 e. The third kappa shape index (κ3) is 2.81. The summed E-state index contributed by atoms with van der Waals surface area (Å²) in [4.78, 5) is 8.87. The molecule has 0 radical (unpaired) electrons. The molecule has 0 bridgehead atoms. The summed E-state index contributed by atoms with van der Waals surface area (Å²) in [6, 6.07) is 0. The second kappa shape index (κ2) is 4.51. The molecule has 2 heterocycles. The molecule has 100 valence electrons. The number of thiocarbonyl (C=S) groups is 1. The number of rotatable bonds is 3. The Hall–Kier alpha value is -1.14. The second-order valence-electron chi connectivity index (χ2n) is 5.69. The van der Waals surface area contributed by atoms with Crippen LogP contribution in [-0.4, -0.2) is 42.9 Å². The zero-order chi connectivity index (χ0) is 13.4. The normalized spacial score (nSPS) is 27.1. The predicted octanol–water partition coefficient (Wildman–Crippen LogP) is 1.02. The molecular formula is C12H20N4OS. The fourth-order valence-corrected chi connectivity index (χ4v) is 3.11. The number of nitrogens with one attached hydrogen (secondary N) is 2. The molecule has 2 rings (SSSR count). The molecule has 0 aromatic carbocycles. The molecule has 1 aromatic rings. The molecule has 5 nitrogen and oxygen atoms in total. The highest BCUT2D eigenvalue weighted by Gasteiger charge is 2.42. The van der Waals surface area contributed by atoms with E-state index < -0.39 is 5.72 Å². The highest BCUT2D eigenvalue weighted by atomic mass is 32.1. The van der Waals surface area contributed by atoms with Crippen molar-refractivity contribution in [3.63, 3.8) is 0 Å². The first-order valence-corrected chi connectivity index (χ1v) is 6.50. The minimum absolute atomic E-state index is 0.176. The lowest BCUT2D eigenvalue weighted by molar-refractivity contribution is -0.0877. The van der Waals surface area contributed by atoms with Crippen LogP contribution < -0.4 is 5.32 Å². The van der Waals surface area contributed by atoms with Gasteiger partial charge in [-0.2, -0.15) is 0 Å². The Bertz CT molecular complexity index is 427. The van der Waals surface area contributed by atoms with Crippen LogP contribution in [0.4, 0.5) is 0 Å². The quantitative estimate of drug-likeness (QED) is 0.714. The minimum Gasteiger partial charge on any atom is -0.371 e. The molecule has 0 aliphatic carbocycles. The summed E-state index contributed by atoms with van der Waals surface area (Å²) in [7, 11) is 0. The highest BCUT2D eigenvalue weighted by molar-refractivity contribution is 7.80. The first-order chi connectivity index (χ1) is 8.30. The van der Waals surface area contributed by atoms with E-state index in [2.05, 4.69) is 15.3 Å². The van der Waals surface area contributed by atoms with E-state index in [0.29, 0.717) is 18.1 Å². The van der Waals surface area contributed by atoms with Crippen molar-refractivity contribution in [3.8, 4) is 0 Å². The van der Waals surface area contributed by atoms with E-state index in [0.717, 1.165) is 12.1 Å². The average molecular weight is 268 g/mol. The van der Waals surface area contributed by atoms with E-state index in [1.807, 2.05) is 25.7 Å². The number of aromatic amines is 1. The van der Waals surface area contributed by atoms with Gasteiger partial charge in [0.25, 0.3) is 0 Å². The van der Waals surface area contributed by atoms with E-state index >= 15 is 0 Å². The lowest BCUT2D eigenvalue weighted by Crippen LogP contribution is -2.66. The van der Waals surface area contributed by atoms with Crippen molar-refractivity contribution in [3.05, 3.63) is 18.2 Å². The molecule has 1 unspecified atom stereocenters. The molecule has 1 aliphatic heterocycles. The van der Waals surface area contributed by atoms with Crippen molar-refractivity contribution < 1.29 is 5.11 Å². The van der Waals surface area contributed by atoms with E-state index in [1.165, 1.54) is 0 Å². The standard InChI is InChI=1S/C12H20N4OS/c1-11(2)7-12(3,17)16(10(18)15-11)5-4-9-6-13-8-14-9/h6,8,17H,4-5,7H2,1-3H3,(H,13,14)(H,15,18). The van der Waals surface area contributed by atoms with Gasteiger partial charge in [0.2, 0.25) is 0 Å². The number of hydrogen-bond acceptors (Lipinski definition) is 3. The summed E-state index contributed by atoms with van der Waals surface area (Å²) in [6.45, 7) is 6.56. The SMILES string of the molecule is CC1(C)CC(C)(O)N(CCc2cnc[nH]2)C(=S)N1. The Labute approximate surface area is 113 Å². The Balaban J connectivity index is 2.05. The molecule has 1 aromatic heterocycles. The first kappa shape index (κ1) is 13.3. The van der Waals surface area contributed by atoms with Gasteiger partial charge in [-0.15, -0.1) is 0 Å². The van der Waals surface area contributed by atoms with Crippen LogP contribution in [0, 0.1) is 0 Å². The molecule has 1 saturated heterocycles. The van der Waals surface area contributed by atoms with E-state index in [1.54, 1.807) is 12.5 Å². The highest BCUT2D eigenvalue weighted by Crippen LogP contribution is 2.29. The summed E-state index contributed by atoms with van der Waals surface area (Å²) in [5.41, 5.74) is -0.0462. The lowest BCUT2D eigenvalue weighted by atomic mass is 9.90. The Morgan fingerprint density at radius 3 is 2.78 bits per heavy atom. The smallest absolute Gasteiger partial charge is 0.171 e. The molecule has 6 heteroatoms. The van der Waals surface area contributed by atoms with Crippen LogP contribution in [0.25, 0.3) is 0 Å². The number of nitrogens with zero attached hydrogens (tertiary/aromatic N) is 2. The van der Waals surface area contributed by atoms with Crippen LogP contribution in [-0.2, 0) is 6.42 Å². The fraction of sp³-hybridized carbons (Fsp3) is 0.667. The summed E-state index contributed by atoms with van der Waals surface area (Å²) in [6.07, 6.45) is 4.85. The van der Waals surface area contributed by atoms with Gasteiger partial charge in [0.1, 0.15) is 5.72 Å². The maximum absolute atomic E-state index is 10.5. The van der Waals surface area contributed by atoms with Crippen LogP contribution in [0.15, 0.2) is 12.5 Å². The van der Waals surface area contributed by atoms with Crippen molar-refractivity contribution in [2.75, 3.05) is 6.54 Å². The van der Waals surface area contributed by atoms with Gasteiger partial charge < -0.3 is 20.3 Å². The number of aliphatic hydroxyl groups is 1. The monoisotopic (exact) mass is 268 g/mol. The first-order valence-electron chi connectivity index (χ1n) is 6.10. The van der Waals surface area contributed by atoms with Crippen LogP contribution in [0.5, 0.6) is 0 Å². The zero-order valence-electron chi connectivity index (χ0n) is 11.0. The Morgan fingerprint density at radius 1 is 1.50 bits per heavy atom. The van der Waals surface area contributed by atoms with Crippen LogP contribution in [0.2, 0.25) is 0 Å². The van der Waals surface area contributed by atoms with Gasteiger partial charge in [-0.05, 0) is 33.0 Å². The number of H-pyrrole nitrogens is 1. The van der Waals surface area contributed by atoms with Crippen molar-refractivity contribution in [1.29, 1.82) is 0 Å². The van der Waals surface area contributed by atoms with Crippen LogP contribution in [0.3, 0.4) is 0 Å². The van der Waals surface area contributed by atoms with Gasteiger partial charge in [0.15, 0.2) is 5.11 Å². The van der Waals surface area contributed by atoms with Crippen molar-refractivity contribution in [2.45, 2.75) is 44.9 Å². The molecule has 0 saturated carbocycles. The third-order valence-corrected chi connectivity index (χ3v) is 3.53. The summed E-state index contributed by atoms with van der Waals surface area (Å²) < 4.78 is 0. The minimum atomic E-state index is -0.911. The fourth-order valence-electron chi connectivity index (χ4n) is 2.55. The van der Waals surface area contributed by atoms with Gasteiger partial charge in [0.05, 0.1) is 6.33 Å². The molecule has 1 aliphatic rings.